The highest BCUT2D eigenvalue weighted by Gasteiger charge is 2.28. The first-order chi connectivity index (χ1) is 10.7. The molecule has 0 bridgehead atoms. The van der Waals surface area contributed by atoms with Crippen LogP contribution in [0.15, 0.2) is 18.2 Å². The molecule has 23 heavy (non-hydrogen) atoms. The molecule has 124 valence electrons. The summed E-state index contributed by atoms with van der Waals surface area (Å²) in [6.07, 6.45) is 0. The Labute approximate surface area is 132 Å². The van der Waals surface area contributed by atoms with Gasteiger partial charge in [-0.3, -0.25) is 14.5 Å². The van der Waals surface area contributed by atoms with Crippen LogP contribution in [0.1, 0.15) is 24.2 Å². The zero-order valence-corrected chi connectivity index (χ0v) is 12.9. The van der Waals surface area contributed by atoms with E-state index in [0.717, 1.165) is 6.07 Å². The number of nitrogens with one attached hydrogen (secondary N) is 2. The van der Waals surface area contributed by atoms with Crippen LogP contribution in [0.4, 0.5) is 14.9 Å². The predicted molar refractivity (Wildman–Crippen MR) is 80.9 cm³/mol. The number of carboxylic acid groups (broad SMARTS) is 1. The van der Waals surface area contributed by atoms with Crippen LogP contribution in [0.2, 0.25) is 0 Å². The Morgan fingerprint density at radius 2 is 2.13 bits per heavy atom. The Kier molecular flexibility index (Phi) is 4.53. The zero-order chi connectivity index (χ0) is 17.2. The number of anilines is 1. The SMILES string of the molecule is CC(C)(CNC(=O)c1cc(N2CCNC2=O)ccc1F)C(=O)O. The number of carbonyl (C=O) groups is 3. The summed E-state index contributed by atoms with van der Waals surface area (Å²) in [4.78, 5) is 36.2. The molecule has 7 nitrogen and oxygen atoms in total. The van der Waals surface area contributed by atoms with E-state index < -0.39 is 23.1 Å². The molecule has 0 aromatic heterocycles. The number of carbonyl (C=O) groups excluding carboxylic acids is 2. The number of hydrogen-bond donors (Lipinski definition) is 3. The molecule has 0 spiro atoms. The smallest absolute Gasteiger partial charge is 0.321 e. The molecule has 3 amide bonds. The van der Waals surface area contributed by atoms with Crippen molar-refractivity contribution in [1.29, 1.82) is 0 Å². The quantitative estimate of drug-likeness (QED) is 0.758. The monoisotopic (exact) mass is 323 g/mol. The van der Waals surface area contributed by atoms with E-state index in [-0.39, 0.29) is 18.1 Å². The van der Waals surface area contributed by atoms with Crippen LogP contribution < -0.4 is 15.5 Å². The van der Waals surface area contributed by atoms with Gasteiger partial charge in [-0.25, -0.2) is 9.18 Å². The standard InChI is InChI=1S/C15H18FN3O4/c1-15(2,13(21)22)8-18-12(20)10-7-9(3-4-11(10)16)19-6-5-17-14(19)23/h3-4,7H,5-6,8H2,1-2H3,(H,17,23)(H,18,20)(H,21,22). The number of aliphatic carboxylic acids is 1. The van der Waals surface area contributed by atoms with Gasteiger partial charge in [0.1, 0.15) is 5.82 Å². The van der Waals surface area contributed by atoms with Crippen molar-refractivity contribution in [2.45, 2.75) is 13.8 Å². The summed E-state index contributed by atoms with van der Waals surface area (Å²) >= 11 is 0. The minimum absolute atomic E-state index is 0.144. The number of halogens is 1. The van der Waals surface area contributed by atoms with E-state index in [2.05, 4.69) is 10.6 Å². The number of rotatable bonds is 5. The lowest BCUT2D eigenvalue weighted by atomic mass is 9.94. The second-order valence-corrected chi connectivity index (χ2v) is 5.92. The summed E-state index contributed by atoms with van der Waals surface area (Å²) in [5, 5.41) is 14.0. The van der Waals surface area contributed by atoms with Gasteiger partial charge in [0, 0.05) is 25.3 Å². The molecule has 1 aliphatic rings. The summed E-state index contributed by atoms with van der Waals surface area (Å²) < 4.78 is 13.9. The van der Waals surface area contributed by atoms with Crippen molar-refractivity contribution in [3.63, 3.8) is 0 Å². The number of nitrogens with zero attached hydrogens (tertiary/aromatic N) is 1. The summed E-state index contributed by atoms with van der Waals surface area (Å²) in [5.74, 6) is -2.53. The summed E-state index contributed by atoms with van der Waals surface area (Å²) in [6.45, 7) is 3.67. The van der Waals surface area contributed by atoms with Crippen molar-refractivity contribution < 1.29 is 23.9 Å². The van der Waals surface area contributed by atoms with E-state index in [0.29, 0.717) is 18.8 Å². The van der Waals surface area contributed by atoms with Crippen LogP contribution in [0.3, 0.4) is 0 Å². The first-order valence-corrected chi connectivity index (χ1v) is 7.09. The van der Waals surface area contributed by atoms with Crippen molar-refractivity contribution in [3.8, 4) is 0 Å². The van der Waals surface area contributed by atoms with E-state index in [1.807, 2.05) is 0 Å². The van der Waals surface area contributed by atoms with Gasteiger partial charge in [0.2, 0.25) is 0 Å². The highest BCUT2D eigenvalue weighted by atomic mass is 19.1. The van der Waals surface area contributed by atoms with Gasteiger partial charge in [-0.2, -0.15) is 0 Å². The summed E-state index contributed by atoms with van der Waals surface area (Å²) in [6, 6.07) is 3.50. The van der Waals surface area contributed by atoms with Gasteiger partial charge in [-0.15, -0.1) is 0 Å². The van der Waals surface area contributed by atoms with Crippen molar-refractivity contribution >= 4 is 23.6 Å². The Hall–Kier alpha value is -2.64. The van der Waals surface area contributed by atoms with Crippen LogP contribution in [0, 0.1) is 11.2 Å². The topological polar surface area (TPSA) is 98.7 Å². The molecule has 1 heterocycles. The Morgan fingerprint density at radius 1 is 1.43 bits per heavy atom. The van der Waals surface area contributed by atoms with Crippen LogP contribution in [-0.2, 0) is 4.79 Å². The van der Waals surface area contributed by atoms with Crippen LogP contribution in [0.25, 0.3) is 0 Å². The number of carboxylic acids is 1. The molecule has 2 rings (SSSR count). The highest BCUT2D eigenvalue weighted by Crippen LogP contribution is 2.21. The minimum atomic E-state index is -1.17. The lowest BCUT2D eigenvalue weighted by Gasteiger charge is -2.20. The average molecular weight is 323 g/mol. The van der Waals surface area contributed by atoms with E-state index in [1.54, 1.807) is 0 Å². The largest absolute Gasteiger partial charge is 0.481 e. The lowest BCUT2D eigenvalue weighted by Crippen LogP contribution is -2.39. The van der Waals surface area contributed by atoms with Crippen molar-refractivity contribution in [2.24, 2.45) is 5.41 Å². The van der Waals surface area contributed by atoms with Crippen LogP contribution in [0.5, 0.6) is 0 Å². The van der Waals surface area contributed by atoms with Gasteiger partial charge < -0.3 is 15.7 Å². The Balaban J connectivity index is 2.17. The van der Waals surface area contributed by atoms with Crippen molar-refractivity contribution in [2.75, 3.05) is 24.5 Å². The molecule has 1 fully saturated rings. The second-order valence-electron chi connectivity index (χ2n) is 5.92. The van der Waals surface area contributed by atoms with Gasteiger partial charge in [0.25, 0.3) is 5.91 Å². The summed E-state index contributed by atoms with van der Waals surface area (Å²) in [7, 11) is 0. The third kappa shape index (κ3) is 3.58. The van der Waals surface area contributed by atoms with Gasteiger partial charge in [0.05, 0.1) is 11.0 Å². The molecule has 1 saturated heterocycles. The molecular weight excluding hydrogens is 305 g/mol. The normalized spacial score (nSPS) is 14.6. The fourth-order valence-corrected chi connectivity index (χ4v) is 2.05. The first-order valence-electron chi connectivity index (χ1n) is 7.09. The number of benzene rings is 1. The van der Waals surface area contributed by atoms with Gasteiger partial charge >= 0.3 is 12.0 Å². The van der Waals surface area contributed by atoms with E-state index in [1.165, 1.54) is 30.9 Å². The highest BCUT2D eigenvalue weighted by molar-refractivity contribution is 5.98. The maximum absolute atomic E-state index is 13.9. The van der Waals surface area contributed by atoms with Gasteiger partial charge in [-0.05, 0) is 32.0 Å². The molecule has 0 saturated carbocycles. The third-order valence-electron chi connectivity index (χ3n) is 3.63. The van der Waals surface area contributed by atoms with Gasteiger partial charge in [0.15, 0.2) is 0 Å². The number of hydrogen-bond acceptors (Lipinski definition) is 3. The first kappa shape index (κ1) is 16.7. The zero-order valence-electron chi connectivity index (χ0n) is 12.9. The Bertz CT molecular complexity index is 660. The number of amides is 3. The molecule has 1 aromatic rings. The maximum Gasteiger partial charge on any atom is 0.321 e. The van der Waals surface area contributed by atoms with E-state index >= 15 is 0 Å². The van der Waals surface area contributed by atoms with Crippen LogP contribution in [-0.4, -0.2) is 42.6 Å². The molecular formula is C15H18FN3O4. The van der Waals surface area contributed by atoms with Crippen LogP contribution >= 0.6 is 0 Å². The fourth-order valence-electron chi connectivity index (χ4n) is 2.05. The molecule has 1 aliphatic heterocycles. The molecule has 0 aliphatic carbocycles. The molecule has 1 aromatic carbocycles. The molecule has 0 radical (unpaired) electrons. The Morgan fingerprint density at radius 3 is 2.70 bits per heavy atom. The molecule has 0 unspecified atom stereocenters. The minimum Gasteiger partial charge on any atom is -0.481 e. The predicted octanol–water partition coefficient (Wildman–Crippen LogP) is 1.20. The molecule has 8 heteroatoms. The molecule has 0 atom stereocenters. The van der Waals surface area contributed by atoms with Crippen molar-refractivity contribution in [3.05, 3.63) is 29.6 Å². The molecule has 3 N–H and O–H groups in total. The second kappa shape index (κ2) is 6.23. The van der Waals surface area contributed by atoms with E-state index in [9.17, 15) is 18.8 Å². The summed E-state index contributed by atoms with van der Waals surface area (Å²) in [5.41, 5.74) is -0.995. The average Bonchev–Trinajstić information content (AvgIpc) is 2.91. The maximum atomic E-state index is 13.9. The fraction of sp³-hybridized carbons (Fsp3) is 0.400. The van der Waals surface area contributed by atoms with Crippen molar-refractivity contribution in [1.82, 2.24) is 10.6 Å². The van der Waals surface area contributed by atoms with E-state index in [4.69, 9.17) is 5.11 Å². The third-order valence-corrected chi connectivity index (χ3v) is 3.63. The van der Waals surface area contributed by atoms with Gasteiger partial charge in [-0.1, -0.05) is 0 Å². The lowest BCUT2D eigenvalue weighted by molar-refractivity contribution is -0.146. The number of urea groups is 1.